The van der Waals surface area contributed by atoms with Gasteiger partial charge in [-0.05, 0) is 47.4 Å². The maximum absolute atomic E-state index is 11.8. The van der Waals surface area contributed by atoms with E-state index in [1.54, 1.807) is 6.26 Å². The lowest BCUT2D eigenvalue weighted by atomic mass is 9.88. The highest BCUT2D eigenvalue weighted by atomic mass is 79.9. The fourth-order valence-electron chi connectivity index (χ4n) is 3.18. The molecule has 1 heterocycles. The van der Waals surface area contributed by atoms with Gasteiger partial charge in [0.25, 0.3) is 0 Å². The highest BCUT2D eigenvalue weighted by Gasteiger charge is 2.26. The molecule has 0 aliphatic carbocycles. The van der Waals surface area contributed by atoms with E-state index in [4.69, 9.17) is 0 Å². The highest BCUT2D eigenvalue weighted by Crippen LogP contribution is 2.36. The molecular weight excluding hydrogens is 374 g/mol. The molecule has 0 saturated heterocycles. The summed E-state index contributed by atoms with van der Waals surface area (Å²) in [6, 6.07) is 14.1. The zero-order chi connectivity index (χ0) is 15.7. The second-order valence-corrected chi connectivity index (χ2v) is 7.30. The van der Waals surface area contributed by atoms with Crippen LogP contribution in [0.1, 0.15) is 22.6 Å². The minimum Gasteiger partial charge on any atom is -0.612 e. The minimum atomic E-state index is -1.17. The van der Waals surface area contributed by atoms with Crippen LogP contribution >= 0.6 is 17.0 Å². The first kappa shape index (κ1) is 18.3. The molecule has 2 atom stereocenters. The Kier molecular flexibility index (Phi) is 6.14. The Morgan fingerprint density at radius 1 is 1.22 bits per heavy atom. The van der Waals surface area contributed by atoms with E-state index in [-0.39, 0.29) is 28.6 Å². The van der Waals surface area contributed by atoms with Crippen molar-refractivity contribution in [2.24, 2.45) is 0 Å². The fourth-order valence-corrected chi connectivity index (χ4v) is 3.84. The number of halogens is 1. The van der Waals surface area contributed by atoms with Gasteiger partial charge < -0.3 is 14.6 Å². The Morgan fingerprint density at radius 2 is 1.91 bits per heavy atom. The Hall–Kier alpha value is -1.01. The lowest BCUT2D eigenvalue weighted by Crippen LogP contribution is -2.24. The molecule has 3 nitrogen and oxygen atoms in total. The van der Waals surface area contributed by atoms with Crippen LogP contribution in [0.4, 0.5) is 0 Å². The summed E-state index contributed by atoms with van der Waals surface area (Å²) < 4.78 is 11.8. The maximum Gasteiger partial charge on any atom is 0.194 e. The van der Waals surface area contributed by atoms with Gasteiger partial charge in [0.05, 0.1) is 0 Å². The molecule has 0 saturated carbocycles. The topological polar surface area (TPSA) is 46.5 Å². The van der Waals surface area contributed by atoms with Crippen LogP contribution in [0, 0.1) is 0 Å². The summed E-state index contributed by atoms with van der Waals surface area (Å²) in [5, 5.41) is 10.3. The predicted octanol–water partition coefficient (Wildman–Crippen LogP) is 3.33. The van der Waals surface area contributed by atoms with Crippen molar-refractivity contribution in [2.45, 2.75) is 17.2 Å². The first-order valence-electron chi connectivity index (χ1n) is 7.49. The van der Waals surface area contributed by atoms with Gasteiger partial charge in [-0.15, -0.1) is 17.0 Å². The molecule has 5 heteroatoms. The van der Waals surface area contributed by atoms with E-state index in [0.29, 0.717) is 4.90 Å². The lowest BCUT2D eigenvalue weighted by molar-refractivity contribution is 0.338. The second-order valence-electron chi connectivity index (χ2n) is 5.95. The summed E-state index contributed by atoms with van der Waals surface area (Å²) in [5.41, 5.74) is 3.60. The highest BCUT2D eigenvalue weighted by molar-refractivity contribution is 8.93. The van der Waals surface area contributed by atoms with Gasteiger partial charge in [-0.25, -0.2) is 0 Å². The minimum absolute atomic E-state index is 0. The third-order valence-electron chi connectivity index (χ3n) is 4.36. The zero-order valence-electron chi connectivity index (χ0n) is 13.4. The van der Waals surface area contributed by atoms with Crippen LogP contribution in [0.3, 0.4) is 0 Å². The third-order valence-corrected chi connectivity index (χ3v) is 5.31. The summed E-state index contributed by atoms with van der Waals surface area (Å²) in [4.78, 5) is 2.85. The van der Waals surface area contributed by atoms with Crippen LogP contribution in [0.25, 0.3) is 0 Å². The van der Waals surface area contributed by atoms with E-state index < -0.39 is 11.2 Å². The van der Waals surface area contributed by atoms with E-state index in [2.05, 4.69) is 36.2 Å². The monoisotopic (exact) mass is 395 g/mol. The molecule has 2 aromatic rings. The molecule has 1 N–H and O–H groups in total. The summed E-state index contributed by atoms with van der Waals surface area (Å²) in [7, 11) is 2.13. The predicted molar refractivity (Wildman–Crippen MR) is 100 cm³/mol. The summed E-state index contributed by atoms with van der Waals surface area (Å²) in [6.07, 6.45) is 2.53. The number of phenols is 1. The van der Waals surface area contributed by atoms with Gasteiger partial charge in [0, 0.05) is 25.1 Å². The summed E-state index contributed by atoms with van der Waals surface area (Å²) in [6.45, 7) is 1.89. The first-order chi connectivity index (χ1) is 10.6. The van der Waals surface area contributed by atoms with Crippen LogP contribution in [0.5, 0.6) is 5.75 Å². The number of aromatic hydroxyl groups is 1. The van der Waals surface area contributed by atoms with Gasteiger partial charge in [0.15, 0.2) is 10.6 Å². The van der Waals surface area contributed by atoms with Crippen molar-refractivity contribution in [3.63, 3.8) is 0 Å². The van der Waals surface area contributed by atoms with Gasteiger partial charge in [-0.2, -0.15) is 0 Å². The van der Waals surface area contributed by atoms with Crippen molar-refractivity contribution in [3.8, 4) is 5.75 Å². The summed E-state index contributed by atoms with van der Waals surface area (Å²) in [5.74, 6) is 0.374. The smallest absolute Gasteiger partial charge is 0.194 e. The van der Waals surface area contributed by atoms with E-state index in [9.17, 15) is 9.66 Å². The van der Waals surface area contributed by atoms with Crippen LogP contribution in [0.15, 0.2) is 47.4 Å². The Labute approximate surface area is 151 Å². The van der Waals surface area contributed by atoms with E-state index in [1.807, 2.05) is 18.2 Å². The molecule has 0 spiro atoms. The SMILES string of the molecule is Br.CN1CCc2cc([S+](C)[O-])c(O)cc2C(c2ccccc2)C1. The normalized spacial score (nSPS) is 19.3. The van der Waals surface area contributed by atoms with Gasteiger partial charge in [-0.3, -0.25) is 0 Å². The van der Waals surface area contributed by atoms with Crippen molar-refractivity contribution in [1.29, 1.82) is 0 Å². The lowest BCUT2D eigenvalue weighted by Gasteiger charge is -2.22. The third kappa shape index (κ3) is 3.91. The molecule has 1 aliphatic rings. The molecule has 23 heavy (non-hydrogen) atoms. The van der Waals surface area contributed by atoms with Gasteiger partial charge >= 0.3 is 0 Å². The van der Waals surface area contributed by atoms with Gasteiger partial charge in [-0.1, -0.05) is 30.3 Å². The largest absolute Gasteiger partial charge is 0.612 e. The number of hydrogen-bond donors (Lipinski definition) is 1. The molecule has 2 aromatic carbocycles. The van der Waals surface area contributed by atoms with Crippen molar-refractivity contribution >= 4 is 28.2 Å². The second kappa shape index (κ2) is 7.71. The standard InChI is InChI=1S/C18H21NO2S.BrH/c1-19-9-8-14-10-18(22(2)21)17(20)11-15(14)16(12-19)13-6-4-3-5-7-13;/h3-7,10-11,16,20H,8-9,12H2,1-2H3;1H. The van der Waals surface area contributed by atoms with Crippen molar-refractivity contribution < 1.29 is 9.66 Å². The molecule has 0 aromatic heterocycles. The molecule has 0 amide bonds. The van der Waals surface area contributed by atoms with E-state index >= 15 is 0 Å². The van der Waals surface area contributed by atoms with E-state index in [1.165, 1.54) is 11.1 Å². The molecule has 3 rings (SSSR count). The Bertz CT molecular complexity index is 664. The van der Waals surface area contributed by atoms with Crippen LogP contribution in [-0.2, 0) is 17.6 Å². The van der Waals surface area contributed by atoms with Gasteiger partial charge in [0.2, 0.25) is 0 Å². The number of likely N-dealkylation sites (N-methyl/N-ethyl adjacent to an activating group) is 1. The molecular formula is C18H22BrNO2S. The van der Waals surface area contributed by atoms with Crippen molar-refractivity contribution in [2.75, 3.05) is 26.4 Å². The Balaban J connectivity index is 0.00000192. The molecule has 0 fully saturated rings. The zero-order valence-corrected chi connectivity index (χ0v) is 15.9. The van der Waals surface area contributed by atoms with Crippen LogP contribution in [-0.4, -0.2) is 41.0 Å². The number of phenolic OH excluding ortho intramolecular Hbond substituents is 1. The summed E-state index contributed by atoms with van der Waals surface area (Å²) >= 11 is -1.17. The molecule has 0 radical (unpaired) electrons. The average Bonchev–Trinajstić information content (AvgIpc) is 2.66. The van der Waals surface area contributed by atoms with Crippen LogP contribution in [0.2, 0.25) is 0 Å². The van der Waals surface area contributed by atoms with Crippen molar-refractivity contribution in [3.05, 3.63) is 59.2 Å². The fraction of sp³-hybridized carbons (Fsp3) is 0.333. The molecule has 1 aliphatic heterocycles. The Morgan fingerprint density at radius 3 is 2.57 bits per heavy atom. The van der Waals surface area contributed by atoms with E-state index in [0.717, 1.165) is 25.1 Å². The number of rotatable bonds is 2. The number of fused-ring (bicyclic) bond motifs is 1. The van der Waals surface area contributed by atoms with Crippen molar-refractivity contribution in [1.82, 2.24) is 4.90 Å². The number of benzene rings is 2. The average molecular weight is 396 g/mol. The number of nitrogens with zero attached hydrogens (tertiary/aromatic N) is 1. The first-order valence-corrected chi connectivity index (χ1v) is 9.04. The van der Waals surface area contributed by atoms with Crippen LogP contribution < -0.4 is 0 Å². The van der Waals surface area contributed by atoms with Gasteiger partial charge in [0.1, 0.15) is 6.26 Å². The molecule has 0 bridgehead atoms. The maximum atomic E-state index is 11.8. The number of hydrogen-bond acceptors (Lipinski definition) is 3. The quantitative estimate of drug-likeness (QED) is 0.793. The molecule has 2 unspecified atom stereocenters. The molecule has 124 valence electrons.